The van der Waals surface area contributed by atoms with Gasteiger partial charge >= 0.3 is 5.95 Å². The molecule has 2 rings (SSSR count). The minimum atomic E-state index is -0.583. The average Bonchev–Trinajstić information content (AvgIpc) is 2.74. The van der Waals surface area contributed by atoms with Crippen LogP contribution in [0.1, 0.15) is 0 Å². The molecule has 0 fully saturated rings. The summed E-state index contributed by atoms with van der Waals surface area (Å²) in [6.07, 6.45) is 7.61. The SMILES string of the molecule is O=[N+]([O-])c1ncc[nH]1.S.c1cncnc1. The number of nitro groups is 1. The molecule has 0 radical (unpaired) electrons. The van der Waals surface area contributed by atoms with Crippen LogP contribution in [0, 0.1) is 10.1 Å². The lowest BCUT2D eigenvalue weighted by Gasteiger charge is -1.83. The monoisotopic (exact) mass is 227 g/mol. The van der Waals surface area contributed by atoms with Gasteiger partial charge in [0.15, 0.2) is 0 Å². The highest BCUT2D eigenvalue weighted by Gasteiger charge is 2.01. The highest BCUT2D eigenvalue weighted by molar-refractivity contribution is 7.59. The van der Waals surface area contributed by atoms with Crippen molar-refractivity contribution in [3.63, 3.8) is 0 Å². The van der Waals surface area contributed by atoms with Crippen LogP contribution in [0.15, 0.2) is 37.2 Å². The summed E-state index contributed by atoms with van der Waals surface area (Å²) in [6, 6.07) is 1.78. The molecule has 0 aliphatic carbocycles. The standard InChI is InChI=1S/C4H4N2.C3H3N3O2.H2S/c1-2-5-4-6-3-1;7-6(8)3-4-1-2-5-3;/h1-4H;1-2H,(H,4,5);1H2. The summed E-state index contributed by atoms with van der Waals surface area (Å²) in [4.78, 5) is 22.2. The zero-order valence-electron chi connectivity index (χ0n) is 7.57. The minimum absolute atomic E-state index is 0. The van der Waals surface area contributed by atoms with E-state index in [0.29, 0.717) is 0 Å². The van der Waals surface area contributed by atoms with Crippen molar-refractivity contribution in [1.82, 2.24) is 19.9 Å². The molecule has 0 spiro atoms. The van der Waals surface area contributed by atoms with Crippen LogP contribution in [0.2, 0.25) is 0 Å². The van der Waals surface area contributed by atoms with Crippen molar-refractivity contribution in [2.45, 2.75) is 0 Å². The van der Waals surface area contributed by atoms with Gasteiger partial charge in [-0.05, 0) is 11.0 Å². The maximum absolute atomic E-state index is 9.77. The summed E-state index contributed by atoms with van der Waals surface area (Å²) in [5.74, 6) is -0.218. The molecular formula is C7H9N5O2S. The predicted molar refractivity (Wildman–Crippen MR) is 57.7 cm³/mol. The fourth-order valence-electron chi connectivity index (χ4n) is 0.610. The molecule has 15 heavy (non-hydrogen) atoms. The molecule has 0 bridgehead atoms. The Bertz CT molecular complexity index is 339. The summed E-state index contributed by atoms with van der Waals surface area (Å²) in [7, 11) is 0. The number of hydrogen-bond acceptors (Lipinski definition) is 5. The van der Waals surface area contributed by atoms with E-state index < -0.39 is 4.92 Å². The number of hydrogen-bond donors (Lipinski definition) is 1. The first-order valence-corrected chi connectivity index (χ1v) is 3.64. The van der Waals surface area contributed by atoms with Gasteiger partial charge in [0.05, 0.1) is 6.20 Å². The van der Waals surface area contributed by atoms with E-state index in [-0.39, 0.29) is 19.4 Å². The fraction of sp³-hybridized carbons (Fsp3) is 0. The van der Waals surface area contributed by atoms with Gasteiger partial charge in [-0.1, -0.05) is 4.98 Å². The van der Waals surface area contributed by atoms with E-state index in [0.717, 1.165) is 0 Å². The third-order valence-electron chi connectivity index (χ3n) is 1.13. The third kappa shape index (κ3) is 5.37. The first-order valence-electron chi connectivity index (χ1n) is 3.64. The van der Waals surface area contributed by atoms with E-state index in [2.05, 4.69) is 19.9 Å². The summed E-state index contributed by atoms with van der Waals surface area (Å²) < 4.78 is 0. The lowest BCUT2D eigenvalue weighted by atomic mass is 10.7. The van der Waals surface area contributed by atoms with Gasteiger partial charge < -0.3 is 10.1 Å². The molecule has 0 aliphatic rings. The quantitative estimate of drug-likeness (QED) is 0.576. The largest absolute Gasteiger partial charge is 0.432 e. The summed E-state index contributed by atoms with van der Waals surface area (Å²) in [5, 5.41) is 9.77. The Hall–Kier alpha value is -1.96. The van der Waals surface area contributed by atoms with E-state index in [9.17, 15) is 10.1 Å². The molecule has 0 unspecified atom stereocenters. The number of aromatic amines is 1. The van der Waals surface area contributed by atoms with E-state index in [1.54, 1.807) is 18.5 Å². The first-order chi connectivity index (χ1) is 6.80. The van der Waals surface area contributed by atoms with Gasteiger partial charge in [0.25, 0.3) is 0 Å². The lowest BCUT2D eigenvalue weighted by Crippen LogP contribution is -1.88. The molecule has 2 aromatic rings. The van der Waals surface area contributed by atoms with Gasteiger partial charge in [-0.2, -0.15) is 13.5 Å². The Labute approximate surface area is 92.2 Å². The normalized spacial score (nSPS) is 8.00. The molecule has 2 heterocycles. The van der Waals surface area contributed by atoms with E-state index in [4.69, 9.17) is 0 Å². The van der Waals surface area contributed by atoms with Gasteiger partial charge in [0, 0.05) is 12.4 Å². The predicted octanol–water partition coefficient (Wildman–Crippen LogP) is 0.907. The van der Waals surface area contributed by atoms with Crippen LogP contribution in [-0.2, 0) is 0 Å². The topological polar surface area (TPSA) is 97.6 Å². The Morgan fingerprint density at radius 1 is 1.27 bits per heavy atom. The number of rotatable bonds is 1. The molecule has 0 atom stereocenters. The molecule has 2 aromatic heterocycles. The minimum Gasteiger partial charge on any atom is -0.390 e. The molecule has 8 heteroatoms. The van der Waals surface area contributed by atoms with E-state index in [1.165, 1.54) is 18.7 Å². The Kier molecular flexibility index (Phi) is 6.47. The molecule has 0 aromatic carbocycles. The summed E-state index contributed by atoms with van der Waals surface area (Å²) >= 11 is 0. The van der Waals surface area contributed by atoms with Crippen molar-refractivity contribution in [2.24, 2.45) is 0 Å². The third-order valence-corrected chi connectivity index (χ3v) is 1.13. The zero-order chi connectivity index (χ0) is 10.2. The Morgan fingerprint density at radius 2 is 1.93 bits per heavy atom. The molecule has 1 N–H and O–H groups in total. The van der Waals surface area contributed by atoms with Crippen molar-refractivity contribution in [3.8, 4) is 0 Å². The second-order valence-corrected chi connectivity index (χ2v) is 2.07. The molecule has 7 nitrogen and oxygen atoms in total. The number of nitrogens with one attached hydrogen (secondary N) is 1. The second kappa shape index (κ2) is 7.44. The van der Waals surface area contributed by atoms with Crippen LogP contribution in [0.4, 0.5) is 5.95 Å². The number of aromatic nitrogens is 4. The number of imidazole rings is 1. The van der Waals surface area contributed by atoms with Crippen molar-refractivity contribution in [2.75, 3.05) is 0 Å². The maximum Gasteiger partial charge on any atom is 0.432 e. The van der Waals surface area contributed by atoms with E-state index in [1.807, 2.05) is 0 Å². The highest BCUT2D eigenvalue weighted by Crippen LogP contribution is 1.96. The van der Waals surface area contributed by atoms with Crippen LogP contribution >= 0.6 is 13.5 Å². The lowest BCUT2D eigenvalue weighted by molar-refractivity contribution is -0.393. The molecule has 0 amide bonds. The van der Waals surface area contributed by atoms with Gasteiger partial charge in [0.1, 0.15) is 12.5 Å². The molecule has 0 saturated carbocycles. The zero-order valence-corrected chi connectivity index (χ0v) is 8.57. The van der Waals surface area contributed by atoms with Gasteiger partial charge in [-0.15, -0.1) is 0 Å². The smallest absolute Gasteiger partial charge is 0.390 e. The Balaban J connectivity index is 0.000000253. The average molecular weight is 227 g/mol. The number of H-pyrrole nitrogens is 1. The van der Waals surface area contributed by atoms with Crippen LogP contribution in [-0.4, -0.2) is 24.9 Å². The van der Waals surface area contributed by atoms with Crippen molar-refractivity contribution in [1.29, 1.82) is 0 Å². The fourth-order valence-corrected chi connectivity index (χ4v) is 0.610. The maximum atomic E-state index is 9.77. The van der Waals surface area contributed by atoms with Crippen LogP contribution in [0.3, 0.4) is 0 Å². The van der Waals surface area contributed by atoms with E-state index >= 15 is 0 Å². The molecule has 0 aliphatic heterocycles. The Morgan fingerprint density at radius 3 is 2.13 bits per heavy atom. The van der Waals surface area contributed by atoms with Gasteiger partial charge in [0.2, 0.25) is 0 Å². The van der Waals surface area contributed by atoms with Crippen LogP contribution in [0.25, 0.3) is 0 Å². The number of nitrogens with zero attached hydrogens (tertiary/aromatic N) is 4. The first kappa shape index (κ1) is 13.0. The second-order valence-electron chi connectivity index (χ2n) is 2.07. The van der Waals surface area contributed by atoms with Crippen LogP contribution in [0.5, 0.6) is 0 Å². The summed E-state index contributed by atoms with van der Waals surface area (Å²) in [6.45, 7) is 0. The summed E-state index contributed by atoms with van der Waals surface area (Å²) in [5.41, 5.74) is 0. The van der Waals surface area contributed by atoms with Crippen molar-refractivity contribution >= 4 is 19.4 Å². The molecular weight excluding hydrogens is 218 g/mol. The van der Waals surface area contributed by atoms with Gasteiger partial charge in [-0.3, -0.25) is 0 Å². The van der Waals surface area contributed by atoms with Crippen LogP contribution < -0.4 is 0 Å². The van der Waals surface area contributed by atoms with Gasteiger partial charge in [-0.25, -0.2) is 15.0 Å². The highest BCUT2D eigenvalue weighted by atomic mass is 32.1. The van der Waals surface area contributed by atoms with Crippen molar-refractivity contribution in [3.05, 3.63) is 47.3 Å². The molecule has 80 valence electrons. The van der Waals surface area contributed by atoms with Crippen molar-refractivity contribution < 1.29 is 4.92 Å². The molecule has 0 saturated heterocycles.